The fourth-order valence-corrected chi connectivity index (χ4v) is 4.36. The van der Waals surface area contributed by atoms with Crippen LogP contribution in [0.15, 0.2) is 0 Å². The van der Waals surface area contributed by atoms with Crippen molar-refractivity contribution in [2.45, 2.75) is 25.7 Å². The van der Waals surface area contributed by atoms with Gasteiger partial charge in [0.25, 0.3) is 0 Å². The van der Waals surface area contributed by atoms with E-state index < -0.39 is 24.9 Å². The predicted molar refractivity (Wildman–Crippen MR) is 65.8 cm³/mol. The van der Waals surface area contributed by atoms with Gasteiger partial charge in [0.15, 0.2) is 14.9 Å². The van der Waals surface area contributed by atoms with Crippen LogP contribution in [-0.2, 0) is 19.9 Å². The molecule has 0 rings (SSSR count). The second-order valence-corrected chi connectivity index (χ2v) is 8.35. The second-order valence-electron chi connectivity index (χ2n) is 3.66. The molecule has 0 saturated carbocycles. The zero-order chi connectivity index (χ0) is 12.7. The molecule has 0 bridgehead atoms. The van der Waals surface area contributed by atoms with E-state index in [1.54, 1.807) is 0 Å². The number of sulfonamides is 1. The van der Waals surface area contributed by atoms with Crippen LogP contribution in [0.4, 0.5) is 0 Å². The van der Waals surface area contributed by atoms with Crippen LogP contribution in [0.5, 0.6) is 0 Å². The fraction of sp³-hybridized carbons (Fsp3) is 1.00. The van der Waals surface area contributed by atoms with E-state index >= 15 is 0 Å². The lowest BCUT2D eigenvalue weighted by molar-refractivity contribution is 0.574. The molecular formula is C8H18ClNO4S2. The lowest BCUT2D eigenvalue weighted by atomic mass is 10.2. The summed E-state index contributed by atoms with van der Waals surface area (Å²) in [6.07, 6.45) is 4.34. The highest BCUT2D eigenvalue weighted by Crippen LogP contribution is 2.00. The van der Waals surface area contributed by atoms with Gasteiger partial charge in [0.05, 0.1) is 0 Å². The summed E-state index contributed by atoms with van der Waals surface area (Å²) in [6, 6.07) is 0. The van der Waals surface area contributed by atoms with Gasteiger partial charge in [-0.1, -0.05) is 12.8 Å². The first-order chi connectivity index (χ1) is 7.27. The van der Waals surface area contributed by atoms with Crippen LogP contribution in [0.3, 0.4) is 0 Å². The van der Waals surface area contributed by atoms with Gasteiger partial charge in [-0.15, -0.1) is 11.6 Å². The van der Waals surface area contributed by atoms with Crippen molar-refractivity contribution < 1.29 is 16.8 Å². The molecule has 0 unspecified atom stereocenters. The van der Waals surface area contributed by atoms with Gasteiger partial charge in [-0.3, -0.25) is 0 Å². The molecule has 98 valence electrons. The summed E-state index contributed by atoms with van der Waals surface area (Å²) >= 11 is 5.48. The van der Waals surface area contributed by atoms with Crippen molar-refractivity contribution in [3.63, 3.8) is 0 Å². The highest BCUT2D eigenvalue weighted by molar-refractivity contribution is 8.06. The Labute approximate surface area is 103 Å². The SMILES string of the molecule is CS(=O)(=O)CS(=O)(=O)NCCCCCCCl. The zero-order valence-electron chi connectivity index (χ0n) is 9.28. The Bertz CT molecular complexity index is 377. The van der Waals surface area contributed by atoms with Crippen LogP contribution < -0.4 is 4.72 Å². The second kappa shape index (κ2) is 7.47. The van der Waals surface area contributed by atoms with E-state index in [4.69, 9.17) is 11.6 Å². The molecule has 16 heavy (non-hydrogen) atoms. The number of nitrogens with one attached hydrogen (secondary N) is 1. The van der Waals surface area contributed by atoms with Crippen molar-refractivity contribution in [2.24, 2.45) is 0 Å². The molecule has 0 aliphatic carbocycles. The van der Waals surface area contributed by atoms with Crippen molar-refractivity contribution >= 4 is 31.5 Å². The van der Waals surface area contributed by atoms with Gasteiger partial charge in [0, 0.05) is 18.7 Å². The number of hydrogen-bond donors (Lipinski definition) is 1. The van der Waals surface area contributed by atoms with Crippen LogP contribution in [0, 0.1) is 0 Å². The van der Waals surface area contributed by atoms with E-state index in [2.05, 4.69) is 4.72 Å². The van der Waals surface area contributed by atoms with Crippen molar-refractivity contribution in [3.05, 3.63) is 0 Å². The number of unbranched alkanes of at least 4 members (excludes halogenated alkanes) is 3. The molecule has 0 heterocycles. The molecule has 0 saturated heterocycles. The lowest BCUT2D eigenvalue weighted by Gasteiger charge is -2.05. The minimum absolute atomic E-state index is 0.278. The maximum atomic E-state index is 11.2. The van der Waals surface area contributed by atoms with Gasteiger partial charge in [0.1, 0.15) is 0 Å². The third kappa shape index (κ3) is 10.7. The molecule has 0 spiro atoms. The Morgan fingerprint density at radius 2 is 1.56 bits per heavy atom. The smallest absolute Gasteiger partial charge is 0.226 e. The van der Waals surface area contributed by atoms with Gasteiger partial charge in [-0.25, -0.2) is 21.6 Å². The zero-order valence-corrected chi connectivity index (χ0v) is 11.7. The molecule has 0 aromatic heterocycles. The third-order valence-electron chi connectivity index (χ3n) is 1.75. The summed E-state index contributed by atoms with van der Waals surface area (Å²) in [7, 11) is -7.20. The van der Waals surface area contributed by atoms with Gasteiger partial charge in [-0.05, 0) is 12.8 Å². The normalized spacial score (nSPS) is 12.9. The summed E-state index contributed by atoms with van der Waals surface area (Å²) in [5.41, 5.74) is 0. The van der Waals surface area contributed by atoms with Gasteiger partial charge in [0.2, 0.25) is 10.0 Å². The van der Waals surface area contributed by atoms with Crippen molar-refractivity contribution in [3.8, 4) is 0 Å². The maximum absolute atomic E-state index is 11.2. The molecule has 5 nitrogen and oxygen atoms in total. The third-order valence-corrected chi connectivity index (χ3v) is 5.62. The standard InChI is InChI=1S/C8H18ClNO4S2/c1-15(11,12)8-16(13,14)10-7-5-3-2-4-6-9/h10H,2-8H2,1H3. The van der Waals surface area contributed by atoms with E-state index in [0.717, 1.165) is 25.5 Å². The molecule has 0 aliphatic heterocycles. The summed E-state index contributed by atoms with van der Waals surface area (Å²) in [5.74, 6) is 0.611. The van der Waals surface area contributed by atoms with Gasteiger partial charge >= 0.3 is 0 Å². The number of halogens is 1. The van der Waals surface area contributed by atoms with Crippen LogP contribution >= 0.6 is 11.6 Å². The van der Waals surface area contributed by atoms with Crippen molar-refractivity contribution in [1.29, 1.82) is 0 Å². The minimum Gasteiger partial charge on any atom is -0.228 e. The van der Waals surface area contributed by atoms with E-state index in [9.17, 15) is 16.8 Å². The number of sulfone groups is 1. The average molecular weight is 292 g/mol. The fourth-order valence-electron chi connectivity index (χ4n) is 1.12. The lowest BCUT2D eigenvalue weighted by Crippen LogP contribution is -2.30. The van der Waals surface area contributed by atoms with Crippen LogP contribution in [0.2, 0.25) is 0 Å². The molecular weight excluding hydrogens is 274 g/mol. The summed E-state index contributed by atoms with van der Waals surface area (Å²) in [4.78, 5) is 0. The summed E-state index contributed by atoms with van der Waals surface area (Å²) in [5, 5.41) is -0.846. The largest absolute Gasteiger partial charge is 0.228 e. The Hall–Kier alpha value is 0.150. The molecule has 0 amide bonds. The Morgan fingerprint density at radius 1 is 1.00 bits per heavy atom. The predicted octanol–water partition coefficient (Wildman–Crippen LogP) is 0.707. The number of rotatable bonds is 9. The molecule has 0 aliphatic rings. The maximum Gasteiger partial charge on any atom is 0.226 e. The highest BCUT2D eigenvalue weighted by atomic mass is 35.5. The topological polar surface area (TPSA) is 80.3 Å². The van der Waals surface area contributed by atoms with E-state index in [0.29, 0.717) is 12.3 Å². The molecule has 8 heteroatoms. The van der Waals surface area contributed by atoms with Crippen LogP contribution in [0.25, 0.3) is 0 Å². The number of alkyl halides is 1. The molecule has 1 N–H and O–H groups in total. The van der Waals surface area contributed by atoms with Crippen LogP contribution in [0.1, 0.15) is 25.7 Å². The Morgan fingerprint density at radius 3 is 2.06 bits per heavy atom. The molecule has 0 aromatic carbocycles. The average Bonchev–Trinajstić information content (AvgIpc) is 2.06. The molecule has 0 radical (unpaired) electrons. The van der Waals surface area contributed by atoms with Gasteiger partial charge < -0.3 is 0 Å². The Kier molecular flexibility index (Phi) is 7.54. The monoisotopic (exact) mass is 291 g/mol. The van der Waals surface area contributed by atoms with E-state index in [-0.39, 0.29) is 6.54 Å². The first-order valence-corrected chi connectivity index (χ1v) is 9.22. The minimum atomic E-state index is -3.70. The van der Waals surface area contributed by atoms with E-state index in [1.807, 2.05) is 0 Å². The first-order valence-electron chi connectivity index (χ1n) is 4.98. The first kappa shape index (κ1) is 16.1. The summed E-state index contributed by atoms with van der Waals surface area (Å²) in [6.45, 7) is 0.278. The molecule has 0 fully saturated rings. The van der Waals surface area contributed by atoms with Gasteiger partial charge in [-0.2, -0.15) is 0 Å². The quantitative estimate of drug-likeness (QED) is 0.501. The highest BCUT2D eigenvalue weighted by Gasteiger charge is 2.16. The van der Waals surface area contributed by atoms with Crippen molar-refractivity contribution in [2.75, 3.05) is 23.8 Å². The Balaban J connectivity index is 3.76. The van der Waals surface area contributed by atoms with Crippen LogP contribution in [-0.4, -0.2) is 40.6 Å². The molecule has 0 aromatic rings. The van der Waals surface area contributed by atoms with E-state index in [1.165, 1.54) is 0 Å². The summed E-state index contributed by atoms with van der Waals surface area (Å²) < 4.78 is 46.3. The number of hydrogen-bond acceptors (Lipinski definition) is 4. The van der Waals surface area contributed by atoms with Crippen molar-refractivity contribution in [1.82, 2.24) is 4.72 Å². The molecule has 0 atom stereocenters.